The van der Waals surface area contributed by atoms with Crippen LogP contribution in [0.1, 0.15) is 35.4 Å². The van der Waals surface area contributed by atoms with Crippen LogP contribution >= 0.6 is 0 Å². The second-order valence-corrected chi connectivity index (χ2v) is 11.3. The molecular formula is C29H30N4O5S. The van der Waals surface area contributed by atoms with Gasteiger partial charge < -0.3 is 20.8 Å². The van der Waals surface area contributed by atoms with Gasteiger partial charge in [0, 0.05) is 40.6 Å². The van der Waals surface area contributed by atoms with Crippen molar-refractivity contribution in [1.29, 1.82) is 0 Å². The first-order valence-corrected chi connectivity index (χ1v) is 13.9. The van der Waals surface area contributed by atoms with Crippen LogP contribution in [0.4, 0.5) is 5.69 Å². The smallest absolute Gasteiger partial charge is 0.361 e. The normalized spacial score (nSPS) is 14.3. The number of aromatic amines is 2. The molecule has 9 nitrogen and oxygen atoms in total. The Bertz CT molecular complexity index is 1740. The van der Waals surface area contributed by atoms with E-state index in [9.17, 15) is 22.9 Å². The fourth-order valence-corrected chi connectivity index (χ4v) is 6.48. The molecular weight excluding hydrogens is 516 g/mol. The van der Waals surface area contributed by atoms with Crippen LogP contribution in [0.15, 0.2) is 85.2 Å². The Hall–Kier alpha value is -4.12. The Balaban J connectivity index is 1.68. The van der Waals surface area contributed by atoms with E-state index in [1.807, 2.05) is 55.5 Å². The van der Waals surface area contributed by atoms with E-state index in [0.717, 1.165) is 37.2 Å². The lowest BCUT2D eigenvalue weighted by Gasteiger charge is -2.42. The summed E-state index contributed by atoms with van der Waals surface area (Å²) in [5, 5.41) is 11.5. The highest BCUT2D eigenvalue weighted by atomic mass is 32.2. The first-order chi connectivity index (χ1) is 18.5. The number of nitrogens with one attached hydrogen (secondary N) is 2. The van der Waals surface area contributed by atoms with Gasteiger partial charge in [-0.3, -0.25) is 9.35 Å². The molecule has 0 saturated heterocycles. The number of hydrogen-bond acceptors (Lipinski definition) is 4. The van der Waals surface area contributed by atoms with E-state index >= 15 is 0 Å². The summed E-state index contributed by atoms with van der Waals surface area (Å²) in [6, 6.07) is 21.7. The fraction of sp³-hybridized carbons (Fsp3) is 0.207. The van der Waals surface area contributed by atoms with Crippen molar-refractivity contribution in [3.05, 3.63) is 102 Å². The van der Waals surface area contributed by atoms with Crippen molar-refractivity contribution in [2.75, 3.05) is 4.31 Å². The molecule has 2 heterocycles. The number of nitrogens with zero attached hydrogens (tertiary/aromatic N) is 1. The molecule has 5 aromatic rings. The van der Waals surface area contributed by atoms with Crippen LogP contribution in [0.5, 0.6) is 0 Å². The quantitative estimate of drug-likeness (QED) is 0.121. The topological polar surface area (TPSA) is 153 Å². The molecule has 0 spiro atoms. The number of rotatable bonds is 10. The maximum absolute atomic E-state index is 13.0. The fourth-order valence-electron chi connectivity index (χ4n) is 5.50. The molecule has 0 aliphatic carbocycles. The summed E-state index contributed by atoms with van der Waals surface area (Å²) < 4.78 is 37.4. The molecule has 0 fully saturated rings. The number of hydrogen-bond donors (Lipinski definition) is 5. The number of aryl methyl sites for hydroxylation is 1. The molecule has 202 valence electrons. The minimum Gasteiger partial charge on any atom is -0.481 e. The van der Waals surface area contributed by atoms with Gasteiger partial charge in [0.15, 0.2) is 0 Å². The van der Waals surface area contributed by atoms with Gasteiger partial charge in [-0.25, -0.2) is 4.31 Å². The number of aromatic nitrogens is 2. The minimum absolute atomic E-state index is 0.00313. The number of nitrogens with two attached hydrogens (primary N) is 1. The van der Waals surface area contributed by atoms with Gasteiger partial charge in [0.2, 0.25) is 0 Å². The van der Waals surface area contributed by atoms with Crippen LogP contribution in [0.2, 0.25) is 0 Å². The number of fused-ring (bicyclic) bond motifs is 2. The van der Waals surface area contributed by atoms with Gasteiger partial charge in [0.25, 0.3) is 0 Å². The number of carbonyl (C=O) groups is 1. The number of carboxylic acid groups (broad SMARTS) is 1. The average molecular weight is 547 g/mol. The molecule has 0 amide bonds. The number of anilines is 1. The second kappa shape index (κ2) is 10.2. The molecule has 1 unspecified atom stereocenters. The summed E-state index contributed by atoms with van der Waals surface area (Å²) in [7, 11) is -4.89. The Morgan fingerprint density at radius 3 is 2.18 bits per heavy atom. The van der Waals surface area contributed by atoms with Crippen LogP contribution in [-0.4, -0.2) is 39.7 Å². The van der Waals surface area contributed by atoms with E-state index < -0.39 is 27.9 Å². The zero-order valence-corrected chi connectivity index (χ0v) is 22.2. The van der Waals surface area contributed by atoms with Gasteiger partial charge in [-0.05, 0) is 54.7 Å². The van der Waals surface area contributed by atoms with E-state index in [4.69, 9.17) is 5.73 Å². The zero-order chi connectivity index (χ0) is 27.8. The van der Waals surface area contributed by atoms with Crippen molar-refractivity contribution in [2.24, 2.45) is 5.73 Å². The summed E-state index contributed by atoms with van der Waals surface area (Å²) in [5.41, 5.74) is 9.53. The SMILES string of the molecule is Cc1ccc(N([C@](N)(Cc2c[nH]c3ccccc23)CC(CC(=O)O)c2c[nH]c3ccccc23)S(=O)(=O)O)cc1. The van der Waals surface area contributed by atoms with Crippen molar-refractivity contribution < 1.29 is 22.9 Å². The Labute approximate surface area is 226 Å². The molecule has 0 radical (unpaired) electrons. The van der Waals surface area contributed by atoms with Crippen LogP contribution in [0, 0.1) is 6.92 Å². The molecule has 6 N–H and O–H groups in total. The molecule has 5 rings (SSSR count). The number of H-pyrrole nitrogens is 2. The van der Waals surface area contributed by atoms with Crippen LogP contribution in [0.3, 0.4) is 0 Å². The summed E-state index contributed by atoms with van der Waals surface area (Å²) in [6.07, 6.45) is 3.13. The molecule has 0 aliphatic heterocycles. The van der Waals surface area contributed by atoms with Crippen LogP contribution < -0.4 is 10.0 Å². The first-order valence-electron chi connectivity index (χ1n) is 12.5. The minimum atomic E-state index is -4.89. The highest BCUT2D eigenvalue weighted by molar-refractivity contribution is 7.87. The predicted molar refractivity (Wildman–Crippen MR) is 152 cm³/mol. The second-order valence-electron chi connectivity index (χ2n) is 10.0. The molecule has 0 saturated carbocycles. The summed E-state index contributed by atoms with van der Waals surface area (Å²) in [6.45, 7) is 1.86. The van der Waals surface area contributed by atoms with Gasteiger partial charge in [-0.2, -0.15) is 8.42 Å². The van der Waals surface area contributed by atoms with Crippen molar-refractivity contribution in [3.63, 3.8) is 0 Å². The highest BCUT2D eigenvalue weighted by Crippen LogP contribution is 2.39. The summed E-state index contributed by atoms with van der Waals surface area (Å²) in [4.78, 5) is 18.4. The first kappa shape index (κ1) is 26.5. The van der Waals surface area contributed by atoms with Crippen molar-refractivity contribution in [2.45, 2.75) is 37.8 Å². The largest absolute Gasteiger partial charge is 0.481 e. The molecule has 10 heteroatoms. The maximum atomic E-state index is 13.0. The third-order valence-electron chi connectivity index (χ3n) is 7.16. The van der Waals surface area contributed by atoms with E-state index in [2.05, 4.69) is 9.97 Å². The lowest BCUT2D eigenvalue weighted by atomic mass is 9.83. The molecule has 0 aliphatic rings. The molecule has 0 bridgehead atoms. The predicted octanol–water partition coefficient (Wildman–Crippen LogP) is 5.11. The number of aliphatic carboxylic acids is 1. The lowest BCUT2D eigenvalue weighted by Crippen LogP contribution is -2.61. The van der Waals surface area contributed by atoms with E-state index in [1.54, 1.807) is 36.7 Å². The maximum Gasteiger partial charge on any atom is 0.361 e. The van der Waals surface area contributed by atoms with Gasteiger partial charge in [0.05, 0.1) is 12.1 Å². The van der Waals surface area contributed by atoms with Gasteiger partial charge in [-0.15, -0.1) is 0 Å². The Kier molecular flexibility index (Phi) is 6.94. The van der Waals surface area contributed by atoms with E-state index in [1.165, 1.54) is 0 Å². The Morgan fingerprint density at radius 1 is 0.949 bits per heavy atom. The highest BCUT2D eigenvalue weighted by Gasteiger charge is 2.43. The molecule has 39 heavy (non-hydrogen) atoms. The van der Waals surface area contributed by atoms with Crippen molar-refractivity contribution >= 4 is 43.8 Å². The Morgan fingerprint density at radius 2 is 1.54 bits per heavy atom. The van der Waals surface area contributed by atoms with Gasteiger partial charge in [-0.1, -0.05) is 54.1 Å². The number of benzene rings is 3. The third-order valence-corrected chi connectivity index (χ3v) is 8.19. The van der Waals surface area contributed by atoms with E-state index in [0.29, 0.717) is 5.56 Å². The van der Waals surface area contributed by atoms with E-state index in [-0.39, 0.29) is 24.9 Å². The lowest BCUT2D eigenvalue weighted by molar-refractivity contribution is -0.137. The third kappa shape index (κ3) is 5.40. The van der Waals surface area contributed by atoms with Crippen LogP contribution in [-0.2, 0) is 21.5 Å². The van der Waals surface area contributed by atoms with Crippen LogP contribution in [0.25, 0.3) is 21.8 Å². The van der Waals surface area contributed by atoms with Crippen molar-refractivity contribution in [1.82, 2.24) is 9.97 Å². The van der Waals surface area contributed by atoms with Crippen molar-refractivity contribution in [3.8, 4) is 0 Å². The molecule has 2 atom stereocenters. The summed E-state index contributed by atoms with van der Waals surface area (Å²) in [5.74, 6) is -1.72. The summed E-state index contributed by atoms with van der Waals surface area (Å²) >= 11 is 0. The number of para-hydroxylation sites is 2. The van der Waals surface area contributed by atoms with Gasteiger partial charge in [0.1, 0.15) is 5.66 Å². The standard InChI is InChI=1S/C29H30N4O5S/c1-19-10-12-22(13-11-19)33(39(36,37)38)29(30,16-21-17-31-26-8-4-2-6-23(21)26)15-20(14-28(34)35)25-18-32-27-9-5-3-7-24(25)27/h2-13,17-18,20,31-32H,14-16,30H2,1H3,(H,34,35)(H,36,37,38)/t20?,29-/m0/s1. The number of carboxylic acids is 1. The zero-order valence-electron chi connectivity index (χ0n) is 21.3. The molecule has 3 aromatic carbocycles. The average Bonchev–Trinajstić information content (AvgIpc) is 3.48. The molecule has 2 aromatic heterocycles. The monoisotopic (exact) mass is 546 g/mol. The van der Waals surface area contributed by atoms with Gasteiger partial charge >= 0.3 is 16.3 Å².